The van der Waals surface area contributed by atoms with E-state index >= 15 is 0 Å². The molecule has 0 aliphatic heterocycles. The van der Waals surface area contributed by atoms with Crippen molar-refractivity contribution in [3.63, 3.8) is 0 Å². The highest BCUT2D eigenvalue weighted by Crippen LogP contribution is 2.31. The molecule has 0 atom stereocenters. The van der Waals surface area contributed by atoms with Gasteiger partial charge in [-0.1, -0.05) is 5.16 Å². The quantitative estimate of drug-likeness (QED) is 0.787. The maximum atomic E-state index is 9.78. The van der Waals surface area contributed by atoms with Gasteiger partial charge in [-0.2, -0.15) is 4.98 Å². The second-order valence-corrected chi connectivity index (χ2v) is 4.30. The van der Waals surface area contributed by atoms with Crippen LogP contribution in [0, 0.1) is 6.92 Å². The normalized spacial score (nSPS) is 10.6. The zero-order chi connectivity index (χ0) is 14.8. The Kier molecular flexibility index (Phi) is 3.23. The van der Waals surface area contributed by atoms with E-state index in [1.807, 2.05) is 0 Å². The van der Waals surface area contributed by atoms with E-state index in [0.717, 1.165) is 0 Å². The Bertz CT molecular complexity index is 785. The highest BCUT2D eigenvalue weighted by Gasteiger charge is 2.13. The predicted octanol–water partition coefficient (Wildman–Crippen LogP) is 2.22. The molecular formula is C14H12N4O3. The number of aromatic nitrogens is 4. The summed E-state index contributed by atoms with van der Waals surface area (Å²) in [6, 6.07) is 6.55. The van der Waals surface area contributed by atoms with Gasteiger partial charge in [-0.15, -0.1) is 0 Å². The number of ether oxygens (including phenoxy) is 1. The molecule has 0 amide bonds. The van der Waals surface area contributed by atoms with Crippen LogP contribution < -0.4 is 4.74 Å². The monoisotopic (exact) mass is 284 g/mol. The molecule has 3 aromatic rings. The van der Waals surface area contributed by atoms with Gasteiger partial charge in [0.15, 0.2) is 11.5 Å². The fraction of sp³-hybridized carbons (Fsp3) is 0.143. The number of hydrogen-bond acceptors (Lipinski definition) is 7. The maximum absolute atomic E-state index is 9.78. The van der Waals surface area contributed by atoms with Crippen molar-refractivity contribution in [3.05, 3.63) is 36.3 Å². The second-order valence-electron chi connectivity index (χ2n) is 4.30. The van der Waals surface area contributed by atoms with Crippen LogP contribution in [-0.4, -0.2) is 32.3 Å². The lowest BCUT2D eigenvalue weighted by Gasteiger charge is -2.03. The standard InChI is InChI=1S/C14H12N4O3/c1-8-15-6-5-10(16-8)13-17-14(21-18-13)9-3-4-12(20-2)11(19)7-9/h3-7,19H,1-2H3. The third kappa shape index (κ3) is 2.53. The SMILES string of the molecule is COc1ccc(-c2nc(-c3ccnc(C)n3)no2)cc1O. The van der Waals surface area contributed by atoms with Crippen molar-refractivity contribution in [2.24, 2.45) is 0 Å². The molecule has 0 spiro atoms. The smallest absolute Gasteiger partial charge is 0.258 e. The lowest BCUT2D eigenvalue weighted by atomic mass is 10.2. The van der Waals surface area contributed by atoms with Gasteiger partial charge in [-0.25, -0.2) is 9.97 Å². The van der Waals surface area contributed by atoms with E-state index in [1.165, 1.54) is 13.2 Å². The molecule has 2 heterocycles. The Balaban J connectivity index is 1.96. The number of hydrogen-bond donors (Lipinski definition) is 1. The topological polar surface area (TPSA) is 94.2 Å². The van der Waals surface area contributed by atoms with Crippen LogP contribution in [0.25, 0.3) is 23.0 Å². The first-order valence-corrected chi connectivity index (χ1v) is 6.18. The van der Waals surface area contributed by atoms with Gasteiger partial charge in [0.05, 0.1) is 7.11 Å². The first-order chi connectivity index (χ1) is 10.2. The molecule has 7 nitrogen and oxygen atoms in total. The molecule has 21 heavy (non-hydrogen) atoms. The number of benzene rings is 1. The third-order valence-electron chi connectivity index (χ3n) is 2.86. The molecule has 2 aromatic heterocycles. The van der Waals surface area contributed by atoms with Gasteiger partial charge in [0.1, 0.15) is 11.5 Å². The van der Waals surface area contributed by atoms with Crippen molar-refractivity contribution in [3.8, 4) is 34.5 Å². The molecule has 0 aliphatic rings. The second kappa shape index (κ2) is 5.20. The van der Waals surface area contributed by atoms with E-state index in [0.29, 0.717) is 34.5 Å². The van der Waals surface area contributed by atoms with Crippen molar-refractivity contribution < 1.29 is 14.4 Å². The summed E-state index contributed by atoms with van der Waals surface area (Å²) in [5.41, 5.74) is 1.17. The minimum atomic E-state index is 0.00707. The molecule has 0 saturated heterocycles. The van der Waals surface area contributed by atoms with Gasteiger partial charge in [0, 0.05) is 11.8 Å². The summed E-state index contributed by atoms with van der Waals surface area (Å²) in [5, 5.41) is 13.7. The molecule has 0 unspecified atom stereocenters. The summed E-state index contributed by atoms with van der Waals surface area (Å²) in [6.07, 6.45) is 1.63. The van der Waals surface area contributed by atoms with Crippen molar-refractivity contribution in [2.45, 2.75) is 6.92 Å². The molecule has 7 heteroatoms. The fourth-order valence-corrected chi connectivity index (χ4v) is 1.85. The number of nitrogens with zero attached hydrogens (tertiary/aromatic N) is 4. The lowest BCUT2D eigenvalue weighted by Crippen LogP contribution is -1.91. The van der Waals surface area contributed by atoms with E-state index in [1.54, 1.807) is 31.3 Å². The van der Waals surface area contributed by atoms with Crippen LogP contribution in [-0.2, 0) is 0 Å². The van der Waals surface area contributed by atoms with Gasteiger partial charge in [-0.3, -0.25) is 0 Å². The average Bonchev–Trinajstić information content (AvgIpc) is 2.97. The van der Waals surface area contributed by atoms with Crippen molar-refractivity contribution >= 4 is 0 Å². The zero-order valence-electron chi connectivity index (χ0n) is 11.4. The Morgan fingerprint density at radius 2 is 2.05 bits per heavy atom. The Hall–Kier alpha value is -2.96. The van der Waals surface area contributed by atoms with Gasteiger partial charge in [-0.05, 0) is 31.2 Å². The largest absolute Gasteiger partial charge is 0.504 e. The summed E-state index contributed by atoms with van der Waals surface area (Å²) in [7, 11) is 1.48. The molecule has 0 saturated carbocycles. The minimum Gasteiger partial charge on any atom is -0.504 e. The number of phenols is 1. The first-order valence-electron chi connectivity index (χ1n) is 6.18. The zero-order valence-corrected chi connectivity index (χ0v) is 11.4. The highest BCUT2D eigenvalue weighted by atomic mass is 16.5. The van der Waals surface area contributed by atoms with Gasteiger partial charge in [0.2, 0.25) is 5.82 Å². The van der Waals surface area contributed by atoms with E-state index in [2.05, 4.69) is 20.1 Å². The first kappa shape index (κ1) is 13.0. The fourth-order valence-electron chi connectivity index (χ4n) is 1.85. The Morgan fingerprint density at radius 1 is 1.19 bits per heavy atom. The minimum absolute atomic E-state index is 0.00707. The van der Waals surface area contributed by atoms with Gasteiger partial charge in [0.25, 0.3) is 5.89 Å². The van der Waals surface area contributed by atoms with Gasteiger partial charge < -0.3 is 14.4 Å². The lowest BCUT2D eigenvalue weighted by molar-refractivity contribution is 0.373. The average molecular weight is 284 g/mol. The van der Waals surface area contributed by atoms with Crippen molar-refractivity contribution in [2.75, 3.05) is 7.11 Å². The van der Waals surface area contributed by atoms with Crippen molar-refractivity contribution in [1.29, 1.82) is 0 Å². The maximum Gasteiger partial charge on any atom is 0.258 e. The van der Waals surface area contributed by atoms with E-state index in [9.17, 15) is 5.11 Å². The van der Waals surface area contributed by atoms with Crippen LogP contribution >= 0.6 is 0 Å². The molecule has 106 valence electrons. The number of aryl methyl sites for hydroxylation is 1. The van der Waals surface area contributed by atoms with Crippen LogP contribution in [0.2, 0.25) is 0 Å². The number of methoxy groups -OCH3 is 1. The summed E-state index contributed by atoms with van der Waals surface area (Å²) >= 11 is 0. The molecule has 1 aromatic carbocycles. The van der Waals surface area contributed by atoms with Crippen LogP contribution in [0.15, 0.2) is 35.0 Å². The molecule has 0 radical (unpaired) electrons. The van der Waals surface area contributed by atoms with Crippen LogP contribution in [0.5, 0.6) is 11.5 Å². The molecule has 1 N–H and O–H groups in total. The van der Waals surface area contributed by atoms with Crippen molar-refractivity contribution in [1.82, 2.24) is 20.1 Å². The van der Waals surface area contributed by atoms with Crippen LogP contribution in [0.3, 0.4) is 0 Å². The molecule has 0 fully saturated rings. The summed E-state index contributed by atoms with van der Waals surface area (Å²) in [5.74, 6) is 1.67. The number of phenolic OH excluding ortho intramolecular Hbond substituents is 1. The van der Waals surface area contributed by atoms with Gasteiger partial charge >= 0.3 is 0 Å². The third-order valence-corrected chi connectivity index (χ3v) is 2.86. The molecule has 0 aliphatic carbocycles. The predicted molar refractivity (Wildman–Crippen MR) is 73.7 cm³/mol. The molecular weight excluding hydrogens is 272 g/mol. The Labute approximate surface area is 120 Å². The van der Waals surface area contributed by atoms with E-state index in [-0.39, 0.29) is 5.75 Å². The Morgan fingerprint density at radius 3 is 2.76 bits per heavy atom. The number of rotatable bonds is 3. The van der Waals surface area contributed by atoms with E-state index in [4.69, 9.17) is 9.26 Å². The summed E-state index contributed by atoms with van der Waals surface area (Å²) < 4.78 is 10.2. The molecule has 3 rings (SSSR count). The summed E-state index contributed by atoms with van der Waals surface area (Å²) in [6.45, 7) is 1.78. The number of aromatic hydroxyl groups is 1. The van der Waals surface area contributed by atoms with Crippen LogP contribution in [0.1, 0.15) is 5.82 Å². The van der Waals surface area contributed by atoms with Crippen LogP contribution in [0.4, 0.5) is 0 Å². The highest BCUT2D eigenvalue weighted by molar-refractivity contribution is 5.61. The molecule has 0 bridgehead atoms. The summed E-state index contributed by atoms with van der Waals surface area (Å²) in [4.78, 5) is 12.5. The van der Waals surface area contributed by atoms with E-state index < -0.39 is 0 Å².